The standard InChI is InChI=1S/C11H11N3O2S/c12-6-8-3-1-7(2-4-8)5-9(10(13)17)14-11(15)16/h1-4,9,14H,5H2,(H2,13,17)(H,15,16)/t9-/m1/s1. The van der Waals surface area contributed by atoms with Crippen molar-refractivity contribution in [1.82, 2.24) is 5.32 Å². The van der Waals surface area contributed by atoms with Gasteiger partial charge >= 0.3 is 6.09 Å². The Morgan fingerprint density at radius 2 is 2.12 bits per heavy atom. The topological polar surface area (TPSA) is 99.1 Å². The second kappa shape index (κ2) is 5.82. The maximum Gasteiger partial charge on any atom is 0.405 e. The number of carboxylic acid groups (broad SMARTS) is 1. The zero-order valence-electron chi connectivity index (χ0n) is 8.88. The van der Waals surface area contributed by atoms with Crippen molar-refractivity contribution in [3.63, 3.8) is 0 Å². The summed E-state index contributed by atoms with van der Waals surface area (Å²) in [5, 5.41) is 19.5. The number of nitrogens with zero attached hydrogens (tertiary/aromatic N) is 1. The first kappa shape index (κ1) is 12.9. The molecule has 1 amide bonds. The smallest absolute Gasteiger partial charge is 0.405 e. The monoisotopic (exact) mass is 249 g/mol. The zero-order valence-corrected chi connectivity index (χ0v) is 9.70. The first-order valence-corrected chi connectivity index (χ1v) is 5.21. The molecule has 17 heavy (non-hydrogen) atoms. The van der Waals surface area contributed by atoms with Crippen LogP contribution in [0.5, 0.6) is 0 Å². The molecular formula is C11H11N3O2S. The first-order chi connectivity index (χ1) is 8.02. The summed E-state index contributed by atoms with van der Waals surface area (Å²) in [7, 11) is 0. The Bertz CT molecular complexity index is 465. The minimum Gasteiger partial charge on any atom is -0.465 e. The quantitative estimate of drug-likeness (QED) is 0.692. The van der Waals surface area contributed by atoms with E-state index in [1.54, 1.807) is 24.3 Å². The van der Waals surface area contributed by atoms with Crippen LogP contribution in [0.4, 0.5) is 4.79 Å². The molecule has 0 aliphatic carbocycles. The van der Waals surface area contributed by atoms with E-state index in [2.05, 4.69) is 5.32 Å². The third kappa shape index (κ3) is 4.09. The van der Waals surface area contributed by atoms with Crippen LogP contribution in [0, 0.1) is 11.3 Å². The van der Waals surface area contributed by atoms with Crippen molar-refractivity contribution in [2.45, 2.75) is 12.5 Å². The average Bonchev–Trinajstić information content (AvgIpc) is 2.28. The van der Waals surface area contributed by atoms with Crippen molar-refractivity contribution in [2.24, 2.45) is 5.73 Å². The maximum absolute atomic E-state index is 10.5. The molecule has 0 bridgehead atoms. The maximum atomic E-state index is 10.5. The second-order valence-corrected chi connectivity index (χ2v) is 3.89. The summed E-state index contributed by atoms with van der Waals surface area (Å²) in [4.78, 5) is 10.6. The molecule has 0 aromatic heterocycles. The van der Waals surface area contributed by atoms with Gasteiger partial charge in [-0.15, -0.1) is 0 Å². The average molecular weight is 249 g/mol. The Morgan fingerprint density at radius 1 is 1.53 bits per heavy atom. The number of hydrogen-bond acceptors (Lipinski definition) is 3. The molecule has 1 atom stereocenters. The van der Waals surface area contributed by atoms with E-state index in [4.69, 9.17) is 28.3 Å². The molecule has 6 heteroatoms. The number of hydrogen-bond donors (Lipinski definition) is 3. The van der Waals surface area contributed by atoms with Gasteiger partial charge in [0.05, 0.1) is 22.7 Å². The fraction of sp³-hybridized carbons (Fsp3) is 0.182. The highest BCUT2D eigenvalue weighted by molar-refractivity contribution is 7.80. The lowest BCUT2D eigenvalue weighted by molar-refractivity contribution is 0.192. The highest BCUT2D eigenvalue weighted by Gasteiger charge is 2.14. The number of benzene rings is 1. The van der Waals surface area contributed by atoms with Crippen molar-refractivity contribution in [3.05, 3.63) is 35.4 Å². The zero-order chi connectivity index (χ0) is 12.8. The molecule has 4 N–H and O–H groups in total. The fourth-order valence-corrected chi connectivity index (χ4v) is 1.47. The third-order valence-electron chi connectivity index (χ3n) is 2.16. The van der Waals surface area contributed by atoms with Crippen molar-refractivity contribution < 1.29 is 9.90 Å². The van der Waals surface area contributed by atoms with E-state index in [1.807, 2.05) is 6.07 Å². The molecule has 1 rings (SSSR count). The summed E-state index contributed by atoms with van der Waals surface area (Å²) in [5.41, 5.74) is 6.85. The molecule has 0 aliphatic heterocycles. The van der Waals surface area contributed by atoms with Crippen LogP contribution in [0.15, 0.2) is 24.3 Å². The van der Waals surface area contributed by atoms with Crippen LogP contribution in [0.2, 0.25) is 0 Å². The molecule has 0 spiro atoms. The van der Waals surface area contributed by atoms with Gasteiger partial charge in [0.25, 0.3) is 0 Å². The van der Waals surface area contributed by atoms with Crippen molar-refractivity contribution >= 4 is 23.3 Å². The fourth-order valence-electron chi connectivity index (χ4n) is 1.32. The Labute approximate surface area is 104 Å². The predicted octanol–water partition coefficient (Wildman–Crippen LogP) is 1.02. The molecule has 0 saturated carbocycles. The van der Waals surface area contributed by atoms with Crippen LogP contribution in [-0.2, 0) is 6.42 Å². The minimum atomic E-state index is -1.17. The largest absolute Gasteiger partial charge is 0.465 e. The van der Waals surface area contributed by atoms with Crippen molar-refractivity contribution in [3.8, 4) is 6.07 Å². The summed E-state index contributed by atoms with van der Waals surface area (Å²) in [5.74, 6) is 0. The lowest BCUT2D eigenvalue weighted by Crippen LogP contribution is -2.44. The highest BCUT2D eigenvalue weighted by atomic mass is 32.1. The van der Waals surface area contributed by atoms with Gasteiger partial charge in [0, 0.05) is 0 Å². The van der Waals surface area contributed by atoms with Gasteiger partial charge in [-0.2, -0.15) is 5.26 Å². The Hall–Kier alpha value is -2.13. The van der Waals surface area contributed by atoms with E-state index in [-0.39, 0.29) is 4.99 Å². The van der Waals surface area contributed by atoms with E-state index in [1.165, 1.54) is 0 Å². The summed E-state index contributed by atoms with van der Waals surface area (Å²) >= 11 is 4.78. The number of nitrogens with one attached hydrogen (secondary N) is 1. The van der Waals surface area contributed by atoms with Gasteiger partial charge in [0.1, 0.15) is 0 Å². The van der Waals surface area contributed by atoms with Gasteiger partial charge in [-0.05, 0) is 24.1 Å². The van der Waals surface area contributed by atoms with Crippen LogP contribution in [0.3, 0.4) is 0 Å². The van der Waals surface area contributed by atoms with Gasteiger partial charge in [0.15, 0.2) is 0 Å². The van der Waals surface area contributed by atoms with E-state index < -0.39 is 12.1 Å². The Balaban J connectivity index is 2.75. The van der Waals surface area contributed by atoms with Gasteiger partial charge in [-0.3, -0.25) is 0 Å². The molecule has 1 aromatic carbocycles. The highest BCUT2D eigenvalue weighted by Crippen LogP contribution is 2.06. The molecule has 0 saturated heterocycles. The minimum absolute atomic E-state index is 0.0942. The number of thiocarbonyl (C=S) groups is 1. The van der Waals surface area contributed by atoms with E-state index in [9.17, 15) is 4.79 Å². The van der Waals surface area contributed by atoms with Crippen LogP contribution >= 0.6 is 12.2 Å². The van der Waals surface area contributed by atoms with Gasteiger partial charge in [0.2, 0.25) is 0 Å². The van der Waals surface area contributed by atoms with Crippen LogP contribution in [0.1, 0.15) is 11.1 Å². The third-order valence-corrected chi connectivity index (χ3v) is 2.45. The SMILES string of the molecule is N#Cc1ccc(C[C@@H](NC(=O)O)C(N)=S)cc1. The van der Waals surface area contributed by atoms with E-state index in [0.29, 0.717) is 12.0 Å². The summed E-state index contributed by atoms with van der Waals surface area (Å²) < 4.78 is 0. The number of amides is 1. The van der Waals surface area contributed by atoms with E-state index in [0.717, 1.165) is 5.56 Å². The van der Waals surface area contributed by atoms with Crippen LogP contribution < -0.4 is 11.1 Å². The normalized spacial score (nSPS) is 11.2. The van der Waals surface area contributed by atoms with Crippen LogP contribution in [-0.4, -0.2) is 22.2 Å². The molecule has 5 nitrogen and oxygen atoms in total. The van der Waals surface area contributed by atoms with Gasteiger partial charge in [-0.25, -0.2) is 4.79 Å². The number of carbonyl (C=O) groups is 1. The number of nitriles is 1. The molecule has 1 aromatic rings. The van der Waals surface area contributed by atoms with Gasteiger partial charge < -0.3 is 16.2 Å². The molecule has 0 aliphatic rings. The molecule has 0 radical (unpaired) electrons. The molecular weight excluding hydrogens is 238 g/mol. The molecule has 88 valence electrons. The van der Waals surface area contributed by atoms with Crippen molar-refractivity contribution in [2.75, 3.05) is 0 Å². The summed E-state index contributed by atoms with van der Waals surface area (Å²) in [6.45, 7) is 0. The molecule has 0 unspecified atom stereocenters. The van der Waals surface area contributed by atoms with Crippen molar-refractivity contribution in [1.29, 1.82) is 5.26 Å². The Kier molecular flexibility index (Phi) is 4.43. The first-order valence-electron chi connectivity index (χ1n) is 4.80. The van der Waals surface area contributed by atoms with Crippen LogP contribution in [0.25, 0.3) is 0 Å². The summed E-state index contributed by atoms with van der Waals surface area (Å²) in [6.07, 6.45) is -0.802. The number of nitrogens with two attached hydrogens (primary N) is 1. The Morgan fingerprint density at radius 3 is 2.53 bits per heavy atom. The second-order valence-electron chi connectivity index (χ2n) is 3.42. The summed E-state index contributed by atoms with van der Waals surface area (Å²) in [6, 6.07) is 8.21. The molecule has 0 heterocycles. The lowest BCUT2D eigenvalue weighted by atomic mass is 10.0. The molecule has 0 fully saturated rings. The number of rotatable bonds is 4. The predicted molar refractivity (Wildman–Crippen MR) is 66.6 cm³/mol. The van der Waals surface area contributed by atoms with E-state index >= 15 is 0 Å². The lowest BCUT2D eigenvalue weighted by Gasteiger charge is -2.15. The van der Waals surface area contributed by atoms with Gasteiger partial charge in [-0.1, -0.05) is 24.4 Å².